The predicted octanol–water partition coefficient (Wildman–Crippen LogP) is 2.31. The highest BCUT2D eigenvalue weighted by Gasteiger charge is 2.24. The molecule has 2 aromatic rings. The average Bonchev–Trinajstić information content (AvgIpc) is 2.39. The molecule has 106 valence electrons. The Morgan fingerprint density at radius 1 is 1.00 bits per heavy atom. The van der Waals surface area contributed by atoms with Crippen LogP contribution in [0.1, 0.15) is 6.92 Å². The number of hydrogen-bond acceptors (Lipinski definition) is 4. The molecule has 2 N–H and O–H groups in total. The number of aromatic hydroxyl groups is 2. The summed E-state index contributed by atoms with van der Waals surface area (Å²) in [5.74, 6) is -0.120. The molecule has 0 atom stereocenters. The number of sulfonamides is 1. The maximum Gasteiger partial charge on any atom is 0.264 e. The lowest BCUT2D eigenvalue weighted by atomic mass is 10.3. The standard InChI is InChI=1S/C14H15NO4S/c1-2-15(11-5-3-6-12(16)9-11)20(18,19)14-8-4-7-13(17)10-14/h3-10,16-17H,2H2,1H3. The Bertz CT molecular complexity index is 713. The number of rotatable bonds is 4. The summed E-state index contributed by atoms with van der Waals surface area (Å²) in [5.41, 5.74) is 0.371. The van der Waals surface area contributed by atoms with Crippen molar-refractivity contribution in [2.24, 2.45) is 0 Å². The zero-order valence-electron chi connectivity index (χ0n) is 10.9. The second kappa shape index (κ2) is 5.42. The molecule has 0 aliphatic heterocycles. The molecule has 20 heavy (non-hydrogen) atoms. The third-order valence-electron chi connectivity index (χ3n) is 2.81. The van der Waals surface area contributed by atoms with Crippen LogP contribution in [-0.2, 0) is 10.0 Å². The lowest BCUT2D eigenvalue weighted by molar-refractivity contribution is 0.473. The first-order valence-electron chi connectivity index (χ1n) is 6.06. The number of phenols is 2. The van der Waals surface area contributed by atoms with Gasteiger partial charge in [-0.15, -0.1) is 0 Å². The maximum absolute atomic E-state index is 12.6. The Hall–Kier alpha value is -2.21. The van der Waals surface area contributed by atoms with Crippen LogP contribution < -0.4 is 4.31 Å². The van der Waals surface area contributed by atoms with E-state index in [2.05, 4.69) is 0 Å². The first-order chi connectivity index (χ1) is 9.45. The Kier molecular flexibility index (Phi) is 3.85. The molecule has 2 aromatic carbocycles. The molecule has 0 aromatic heterocycles. The average molecular weight is 293 g/mol. The number of anilines is 1. The summed E-state index contributed by atoms with van der Waals surface area (Å²) in [7, 11) is -3.78. The van der Waals surface area contributed by atoms with Gasteiger partial charge in [-0.2, -0.15) is 0 Å². The highest BCUT2D eigenvalue weighted by molar-refractivity contribution is 7.92. The van der Waals surface area contributed by atoms with Gasteiger partial charge in [-0.1, -0.05) is 12.1 Å². The van der Waals surface area contributed by atoms with Gasteiger partial charge in [-0.25, -0.2) is 8.42 Å². The summed E-state index contributed by atoms with van der Waals surface area (Å²) in [6.07, 6.45) is 0. The highest BCUT2D eigenvalue weighted by Crippen LogP contribution is 2.27. The van der Waals surface area contributed by atoms with Crippen molar-refractivity contribution in [2.75, 3.05) is 10.8 Å². The number of hydrogen-bond donors (Lipinski definition) is 2. The lowest BCUT2D eigenvalue weighted by Crippen LogP contribution is -2.30. The summed E-state index contributed by atoms with van der Waals surface area (Å²) < 4.78 is 26.3. The molecule has 0 saturated carbocycles. The van der Waals surface area contributed by atoms with Crippen molar-refractivity contribution in [2.45, 2.75) is 11.8 Å². The van der Waals surface area contributed by atoms with E-state index < -0.39 is 10.0 Å². The molecule has 0 aliphatic carbocycles. The fraction of sp³-hybridized carbons (Fsp3) is 0.143. The van der Waals surface area contributed by atoms with Gasteiger partial charge in [0.1, 0.15) is 11.5 Å². The van der Waals surface area contributed by atoms with E-state index in [1.807, 2.05) is 0 Å². The summed E-state index contributed by atoms with van der Waals surface area (Å²) in [6, 6.07) is 11.5. The molecule has 0 saturated heterocycles. The van der Waals surface area contributed by atoms with Crippen molar-refractivity contribution in [3.63, 3.8) is 0 Å². The van der Waals surface area contributed by atoms with Crippen molar-refractivity contribution < 1.29 is 18.6 Å². The van der Waals surface area contributed by atoms with Crippen molar-refractivity contribution in [1.82, 2.24) is 0 Å². The lowest BCUT2D eigenvalue weighted by Gasteiger charge is -2.23. The van der Waals surface area contributed by atoms with Crippen molar-refractivity contribution >= 4 is 15.7 Å². The predicted molar refractivity (Wildman–Crippen MR) is 76.4 cm³/mol. The highest BCUT2D eigenvalue weighted by atomic mass is 32.2. The molecule has 0 radical (unpaired) electrons. The molecular formula is C14H15NO4S. The molecule has 2 rings (SSSR count). The summed E-state index contributed by atoms with van der Waals surface area (Å²) in [5, 5.41) is 18.9. The van der Waals surface area contributed by atoms with Gasteiger partial charge in [0, 0.05) is 18.7 Å². The van der Waals surface area contributed by atoms with Crippen LogP contribution in [-0.4, -0.2) is 25.2 Å². The Labute approximate surface area is 117 Å². The third kappa shape index (κ3) is 2.70. The van der Waals surface area contributed by atoms with Crippen LogP contribution in [0.15, 0.2) is 53.4 Å². The van der Waals surface area contributed by atoms with E-state index in [0.29, 0.717) is 5.69 Å². The molecule has 0 unspecified atom stereocenters. The monoisotopic (exact) mass is 293 g/mol. The molecular weight excluding hydrogens is 278 g/mol. The van der Waals surface area contributed by atoms with Crippen molar-refractivity contribution in [3.05, 3.63) is 48.5 Å². The van der Waals surface area contributed by atoms with Crippen LogP contribution >= 0.6 is 0 Å². The molecule has 0 fully saturated rings. The van der Waals surface area contributed by atoms with Gasteiger partial charge in [0.05, 0.1) is 10.6 Å². The van der Waals surface area contributed by atoms with Crippen LogP contribution in [0.5, 0.6) is 11.5 Å². The molecule has 0 heterocycles. The molecule has 6 heteroatoms. The minimum Gasteiger partial charge on any atom is -0.508 e. The van der Waals surface area contributed by atoms with Crippen molar-refractivity contribution in [3.8, 4) is 11.5 Å². The van der Waals surface area contributed by atoms with Crippen LogP contribution in [0.4, 0.5) is 5.69 Å². The largest absolute Gasteiger partial charge is 0.508 e. The van der Waals surface area contributed by atoms with Gasteiger partial charge in [0.2, 0.25) is 0 Å². The molecule has 5 nitrogen and oxygen atoms in total. The van der Waals surface area contributed by atoms with Gasteiger partial charge in [-0.05, 0) is 31.2 Å². The quantitative estimate of drug-likeness (QED) is 0.906. The smallest absolute Gasteiger partial charge is 0.264 e. The van der Waals surface area contributed by atoms with Crippen LogP contribution in [0.2, 0.25) is 0 Å². The van der Waals surface area contributed by atoms with Gasteiger partial charge in [0.25, 0.3) is 10.0 Å². The molecule has 0 bridgehead atoms. The normalized spacial score (nSPS) is 11.2. The fourth-order valence-corrected chi connectivity index (χ4v) is 3.42. The van der Waals surface area contributed by atoms with E-state index >= 15 is 0 Å². The fourth-order valence-electron chi connectivity index (χ4n) is 1.91. The van der Waals surface area contributed by atoms with E-state index in [4.69, 9.17) is 0 Å². The van der Waals surface area contributed by atoms with E-state index in [0.717, 1.165) is 0 Å². The zero-order valence-corrected chi connectivity index (χ0v) is 11.7. The van der Waals surface area contributed by atoms with Gasteiger partial charge < -0.3 is 10.2 Å². The van der Waals surface area contributed by atoms with Gasteiger partial charge in [-0.3, -0.25) is 4.31 Å². The third-order valence-corrected chi connectivity index (χ3v) is 4.71. The minimum absolute atomic E-state index is 0.00249. The number of nitrogens with zero attached hydrogens (tertiary/aromatic N) is 1. The minimum atomic E-state index is -3.78. The van der Waals surface area contributed by atoms with E-state index in [1.165, 1.54) is 40.7 Å². The van der Waals surface area contributed by atoms with Crippen LogP contribution in [0.25, 0.3) is 0 Å². The number of phenolic OH excluding ortho intramolecular Hbond substituents is 2. The number of benzene rings is 2. The first-order valence-corrected chi connectivity index (χ1v) is 7.50. The van der Waals surface area contributed by atoms with E-state index in [1.54, 1.807) is 19.1 Å². The zero-order chi connectivity index (χ0) is 14.8. The molecule has 0 spiro atoms. The Balaban J connectivity index is 2.50. The molecule has 0 amide bonds. The van der Waals surface area contributed by atoms with E-state index in [9.17, 15) is 18.6 Å². The SMILES string of the molecule is CCN(c1cccc(O)c1)S(=O)(=O)c1cccc(O)c1. The Morgan fingerprint density at radius 3 is 2.15 bits per heavy atom. The molecule has 0 aliphatic rings. The Morgan fingerprint density at radius 2 is 1.60 bits per heavy atom. The van der Waals surface area contributed by atoms with Crippen LogP contribution in [0, 0.1) is 0 Å². The summed E-state index contributed by atoms with van der Waals surface area (Å²) in [4.78, 5) is 0.00249. The van der Waals surface area contributed by atoms with Gasteiger partial charge >= 0.3 is 0 Å². The second-order valence-corrected chi connectivity index (χ2v) is 6.05. The maximum atomic E-state index is 12.6. The van der Waals surface area contributed by atoms with E-state index in [-0.39, 0.29) is 22.9 Å². The topological polar surface area (TPSA) is 77.8 Å². The van der Waals surface area contributed by atoms with Gasteiger partial charge in [0.15, 0.2) is 0 Å². The second-order valence-electron chi connectivity index (χ2n) is 4.19. The first kappa shape index (κ1) is 14.2. The van der Waals surface area contributed by atoms with Crippen molar-refractivity contribution in [1.29, 1.82) is 0 Å². The summed E-state index contributed by atoms with van der Waals surface area (Å²) >= 11 is 0. The van der Waals surface area contributed by atoms with Crippen LogP contribution in [0.3, 0.4) is 0 Å². The summed E-state index contributed by atoms with van der Waals surface area (Å²) in [6.45, 7) is 1.91.